The topological polar surface area (TPSA) is 112 Å². The molecule has 2 fully saturated rings. The van der Waals surface area contributed by atoms with Crippen molar-refractivity contribution < 1.29 is 38.1 Å². The Kier molecular flexibility index (Phi) is 16.2. The van der Waals surface area contributed by atoms with Crippen molar-refractivity contribution in [1.82, 2.24) is 9.80 Å². The average molecular weight is 768 g/mol. The number of nitrogens with zero attached hydrogens (tertiary/aromatic N) is 2. The molecule has 2 heterocycles. The lowest BCUT2D eigenvalue weighted by Crippen LogP contribution is -2.43. The van der Waals surface area contributed by atoms with Crippen molar-refractivity contribution >= 4 is 72.8 Å². The van der Waals surface area contributed by atoms with Gasteiger partial charge in [-0.3, -0.25) is 14.6 Å². The molecule has 0 aromatic heterocycles. The molecule has 0 bridgehead atoms. The number of carbonyl (C=O) groups is 4. The van der Waals surface area contributed by atoms with Gasteiger partial charge in [0.2, 0.25) is 0 Å². The van der Waals surface area contributed by atoms with Crippen LogP contribution in [0.4, 0.5) is 0 Å². The lowest BCUT2D eigenvalue weighted by Gasteiger charge is -2.37. The number of thiol groups is 2. The highest BCUT2D eigenvalue weighted by atomic mass is 35.5. The summed E-state index contributed by atoms with van der Waals surface area (Å²) in [6, 6.07) is 13.1. The van der Waals surface area contributed by atoms with Gasteiger partial charge in [0.05, 0.1) is 20.5 Å². The van der Waals surface area contributed by atoms with E-state index in [1.807, 2.05) is 54.8 Å². The quantitative estimate of drug-likeness (QED) is 0.0739. The zero-order chi connectivity index (χ0) is 37.0. The molecule has 4 rings (SSSR count). The van der Waals surface area contributed by atoms with Crippen LogP contribution in [0, 0.1) is 0 Å². The van der Waals surface area contributed by atoms with Gasteiger partial charge in [-0.1, -0.05) is 59.6 Å². The van der Waals surface area contributed by atoms with E-state index in [-0.39, 0.29) is 10.5 Å². The van der Waals surface area contributed by atoms with Crippen LogP contribution in [0.1, 0.15) is 56.8 Å². The van der Waals surface area contributed by atoms with Crippen LogP contribution in [0.5, 0.6) is 0 Å². The fourth-order valence-electron chi connectivity index (χ4n) is 5.82. The maximum atomic E-state index is 12.5. The van der Waals surface area contributed by atoms with Gasteiger partial charge in [0.25, 0.3) is 6.47 Å². The monoisotopic (exact) mass is 766 g/mol. The molecule has 2 aromatic rings. The zero-order valence-electron chi connectivity index (χ0n) is 28.7. The van der Waals surface area contributed by atoms with Crippen LogP contribution in [0.15, 0.2) is 72.0 Å². The molecule has 0 radical (unpaired) electrons. The molecule has 0 aliphatic carbocycles. The second-order valence-corrected chi connectivity index (χ2v) is 15.1. The summed E-state index contributed by atoms with van der Waals surface area (Å²) in [6.07, 6.45) is 4.24. The predicted octanol–water partition coefficient (Wildman–Crippen LogP) is 6.44. The van der Waals surface area contributed by atoms with E-state index < -0.39 is 35.6 Å². The Labute approximate surface area is 314 Å². The highest BCUT2D eigenvalue weighted by Crippen LogP contribution is 2.34. The highest BCUT2D eigenvalue weighted by molar-refractivity contribution is 7.81. The molecule has 2 aliphatic heterocycles. The van der Waals surface area contributed by atoms with Crippen molar-refractivity contribution in [3.63, 3.8) is 0 Å². The molecule has 0 N–H and O–H groups in total. The predicted molar refractivity (Wildman–Crippen MR) is 200 cm³/mol. The first-order chi connectivity index (χ1) is 23.7. The Bertz CT molecular complexity index is 1560. The first-order valence-electron chi connectivity index (χ1n) is 15.9. The molecule has 0 amide bonds. The number of methoxy groups -OCH3 is 2. The fourth-order valence-corrected chi connectivity index (χ4v) is 7.19. The molecule has 0 saturated carbocycles. The molecule has 14 heteroatoms. The highest BCUT2D eigenvalue weighted by Gasteiger charge is 2.36. The third kappa shape index (κ3) is 12.3. The van der Waals surface area contributed by atoms with Gasteiger partial charge in [0.1, 0.15) is 17.7 Å². The summed E-state index contributed by atoms with van der Waals surface area (Å²) >= 11 is 21.7. The van der Waals surface area contributed by atoms with Gasteiger partial charge in [-0.2, -0.15) is 25.3 Å². The van der Waals surface area contributed by atoms with E-state index in [1.165, 1.54) is 26.6 Å². The van der Waals surface area contributed by atoms with E-state index in [9.17, 15) is 19.2 Å². The molecule has 50 heavy (non-hydrogen) atoms. The van der Waals surface area contributed by atoms with Crippen molar-refractivity contribution in [1.29, 1.82) is 0 Å². The van der Waals surface area contributed by atoms with E-state index in [0.717, 1.165) is 11.1 Å². The van der Waals surface area contributed by atoms with E-state index >= 15 is 0 Å². The lowest BCUT2D eigenvalue weighted by molar-refractivity contribution is -0.149. The van der Waals surface area contributed by atoms with Crippen molar-refractivity contribution in [2.75, 3.05) is 40.4 Å². The zero-order valence-corrected chi connectivity index (χ0v) is 32.0. The average Bonchev–Trinajstić information content (AvgIpc) is 3.04. The maximum absolute atomic E-state index is 12.5. The van der Waals surface area contributed by atoms with Gasteiger partial charge < -0.3 is 18.9 Å². The van der Waals surface area contributed by atoms with Crippen LogP contribution in [-0.4, -0.2) is 90.7 Å². The number of piperidine rings is 2. The standard InChI is InChI=1S/C20H26ClNO4S.C16H18ClNO4S/c1-20(2,3)26-17(23)10-13-9-14(27)12-22(11-13)18(19(24)25-4)15-7-5-6-8-16(15)21;1-21-16(20)15(13-4-2-3-5-14(13)17)18-7-11(9-22-10-19)6-12(23)8-18/h5-8,10,14,18,27H,9,11-12H2,1-4H3;2-5,9-10,12,15,23H,6-8H2,1H3. The van der Waals surface area contributed by atoms with Crippen LogP contribution < -0.4 is 0 Å². The minimum Gasteiger partial charge on any atom is -0.468 e. The van der Waals surface area contributed by atoms with Crippen LogP contribution in [-0.2, 0) is 38.1 Å². The normalized spacial score (nSPS) is 21.3. The van der Waals surface area contributed by atoms with Crippen LogP contribution in [0.25, 0.3) is 0 Å². The van der Waals surface area contributed by atoms with Crippen LogP contribution in [0.2, 0.25) is 10.0 Å². The van der Waals surface area contributed by atoms with E-state index in [2.05, 4.69) is 25.3 Å². The van der Waals surface area contributed by atoms with E-state index in [1.54, 1.807) is 24.3 Å². The molecular weight excluding hydrogens is 723 g/mol. The number of halogens is 2. The lowest BCUT2D eigenvalue weighted by atomic mass is 9.98. The molecule has 272 valence electrons. The number of rotatable bonds is 9. The van der Waals surface area contributed by atoms with Crippen molar-refractivity contribution in [2.45, 2.75) is 61.8 Å². The van der Waals surface area contributed by atoms with Crippen molar-refractivity contribution in [2.24, 2.45) is 0 Å². The maximum Gasteiger partial charge on any atom is 0.331 e. The number of benzene rings is 2. The Morgan fingerprint density at radius 2 is 1.24 bits per heavy atom. The van der Waals surface area contributed by atoms with Gasteiger partial charge in [-0.15, -0.1) is 0 Å². The summed E-state index contributed by atoms with van der Waals surface area (Å²) in [4.78, 5) is 51.3. The summed E-state index contributed by atoms with van der Waals surface area (Å²) in [5.74, 6) is -1.19. The number of hydrogen-bond donors (Lipinski definition) is 2. The number of ether oxygens (including phenoxy) is 4. The molecule has 2 saturated heterocycles. The third-order valence-corrected chi connectivity index (χ3v) is 9.08. The van der Waals surface area contributed by atoms with Crippen molar-refractivity contribution in [3.05, 3.63) is 93.2 Å². The molecular formula is C36H44Cl2N2O8S2. The van der Waals surface area contributed by atoms with E-state index in [0.29, 0.717) is 66.7 Å². The molecule has 2 aromatic carbocycles. The smallest absolute Gasteiger partial charge is 0.331 e. The molecule has 10 nitrogen and oxygen atoms in total. The van der Waals surface area contributed by atoms with E-state index in [4.69, 9.17) is 42.1 Å². The number of carbonyl (C=O) groups excluding carboxylic acids is 4. The second-order valence-electron chi connectivity index (χ2n) is 12.8. The van der Waals surface area contributed by atoms with Crippen LogP contribution >= 0.6 is 48.5 Å². The molecule has 2 aliphatic rings. The van der Waals surface area contributed by atoms with Crippen LogP contribution in [0.3, 0.4) is 0 Å². The number of hydrogen-bond acceptors (Lipinski definition) is 12. The summed E-state index contributed by atoms with van der Waals surface area (Å²) in [5.41, 5.74) is 2.53. The minimum absolute atomic E-state index is 0.0138. The Balaban J connectivity index is 0.000000274. The minimum atomic E-state index is -0.666. The van der Waals surface area contributed by atoms with Gasteiger partial charge in [0.15, 0.2) is 0 Å². The van der Waals surface area contributed by atoms with Gasteiger partial charge in [-0.05, 0) is 68.0 Å². The Morgan fingerprint density at radius 3 is 1.66 bits per heavy atom. The first-order valence-corrected chi connectivity index (χ1v) is 17.6. The van der Waals surface area contributed by atoms with Gasteiger partial charge >= 0.3 is 17.9 Å². The summed E-state index contributed by atoms with van der Waals surface area (Å²) in [6.45, 7) is 7.89. The third-order valence-electron chi connectivity index (χ3n) is 7.70. The molecule has 4 unspecified atom stereocenters. The summed E-state index contributed by atoms with van der Waals surface area (Å²) < 4.78 is 20.1. The first kappa shape index (κ1) is 41.4. The second kappa shape index (κ2) is 19.6. The SMILES string of the molecule is COC(=O)C(c1ccccc1Cl)N1CC(=CC(=O)OC(C)(C)C)CC(S)C1.COC(=O)C(c1ccccc1Cl)N1CC(=COC=O)CC(S)C1. The largest absolute Gasteiger partial charge is 0.468 e. The fraction of sp³-hybridized carbons (Fsp3) is 0.444. The number of likely N-dealkylation sites (tertiary alicyclic amines) is 2. The van der Waals surface area contributed by atoms with Gasteiger partial charge in [0, 0.05) is 52.8 Å². The molecule has 0 spiro atoms. The van der Waals surface area contributed by atoms with Crippen molar-refractivity contribution in [3.8, 4) is 0 Å². The molecule has 4 atom stereocenters. The summed E-state index contributed by atoms with van der Waals surface area (Å²) in [5, 5.41) is 0.979. The van der Waals surface area contributed by atoms with Gasteiger partial charge in [-0.25, -0.2) is 14.4 Å². The number of esters is 3. The summed E-state index contributed by atoms with van der Waals surface area (Å²) in [7, 11) is 2.70. The Morgan fingerprint density at radius 1 is 0.800 bits per heavy atom. The Hall–Kier alpha value is -3.00.